The van der Waals surface area contributed by atoms with Crippen molar-refractivity contribution in [2.75, 3.05) is 39.3 Å². The Morgan fingerprint density at radius 3 is 2.52 bits per heavy atom. The summed E-state index contributed by atoms with van der Waals surface area (Å²) in [6.07, 6.45) is 5.15. The van der Waals surface area contributed by atoms with Gasteiger partial charge >= 0.3 is 5.97 Å². The SMILES string of the molecule is Cn1cccc1C(=O)OCCN1CCN(C(=O)C2CCC2)CC1. The Labute approximate surface area is 137 Å². The van der Waals surface area contributed by atoms with E-state index in [1.807, 2.05) is 24.2 Å². The fourth-order valence-corrected chi connectivity index (χ4v) is 3.12. The van der Waals surface area contributed by atoms with Crippen LogP contribution in [0.1, 0.15) is 29.8 Å². The van der Waals surface area contributed by atoms with Crippen LogP contribution < -0.4 is 0 Å². The molecule has 6 nitrogen and oxygen atoms in total. The van der Waals surface area contributed by atoms with E-state index in [1.165, 1.54) is 6.42 Å². The molecular formula is C17H25N3O3. The Morgan fingerprint density at radius 2 is 1.96 bits per heavy atom. The van der Waals surface area contributed by atoms with E-state index < -0.39 is 0 Å². The Balaban J connectivity index is 1.35. The van der Waals surface area contributed by atoms with E-state index >= 15 is 0 Å². The third-order valence-electron chi connectivity index (χ3n) is 4.93. The molecule has 0 atom stereocenters. The number of amides is 1. The summed E-state index contributed by atoms with van der Waals surface area (Å²) in [6, 6.07) is 3.59. The molecular weight excluding hydrogens is 294 g/mol. The predicted molar refractivity (Wildman–Crippen MR) is 86.1 cm³/mol. The maximum absolute atomic E-state index is 12.2. The molecule has 2 heterocycles. The highest BCUT2D eigenvalue weighted by atomic mass is 16.5. The van der Waals surface area contributed by atoms with Crippen molar-refractivity contribution in [2.45, 2.75) is 19.3 Å². The van der Waals surface area contributed by atoms with E-state index in [4.69, 9.17) is 4.74 Å². The number of carbonyl (C=O) groups excluding carboxylic acids is 2. The first-order valence-corrected chi connectivity index (χ1v) is 8.45. The van der Waals surface area contributed by atoms with Gasteiger partial charge in [-0.1, -0.05) is 6.42 Å². The number of rotatable bonds is 5. The van der Waals surface area contributed by atoms with Crippen LogP contribution in [0.5, 0.6) is 0 Å². The van der Waals surface area contributed by atoms with Gasteiger partial charge in [0, 0.05) is 51.9 Å². The molecule has 1 aromatic rings. The Kier molecular flexibility index (Phi) is 5.00. The average molecular weight is 319 g/mol. The molecule has 6 heteroatoms. The van der Waals surface area contributed by atoms with Crippen LogP contribution in [0.15, 0.2) is 18.3 Å². The van der Waals surface area contributed by atoms with Gasteiger partial charge in [-0.25, -0.2) is 4.79 Å². The first-order chi connectivity index (χ1) is 11.1. The molecule has 1 saturated carbocycles. The van der Waals surface area contributed by atoms with E-state index in [2.05, 4.69) is 4.90 Å². The maximum atomic E-state index is 12.2. The van der Waals surface area contributed by atoms with Gasteiger partial charge in [0.1, 0.15) is 12.3 Å². The summed E-state index contributed by atoms with van der Waals surface area (Å²) in [4.78, 5) is 28.3. The van der Waals surface area contributed by atoms with Crippen molar-refractivity contribution in [3.63, 3.8) is 0 Å². The van der Waals surface area contributed by atoms with Gasteiger partial charge < -0.3 is 14.2 Å². The summed E-state index contributed by atoms with van der Waals surface area (Å²) in [7, 11) is 1.83. The lowest BCUT2D eigenvalue weighted by Gasteiger charge is -2.38. The summed E-state index contributed by atoms with van der Waals surface area (Å²) in [5.41, 5.74) is 0.570. The van der Waals surface area contributed by atoms with Crippen molar-refractivity contribution < 1.29 is 14.3 Å². The summed E-state index contributed by atoms with van der Waals surface area (Å²) >= 11 is 0. The number of nitrogens with zero attached hydrogens (tertiary/aromatic N) is 3. The van der Waals surface area contributed by atoms with Gasteiger partial charge in [-0.3, -0.25) is 9.69 Å². The molecule has 23 heavy (non-hydrogen) atoms. The number of ether oxygens (including phenoxy) is 1. The van der Waals surface area contributed by atoms with E-state index in [-0.39, 0.29) is 11.9 Å². The van der Waals surface area contributed by atoms with Crippen LogP contribution in [0.4, 0.5) is 0 Å². The molecule has 0 radical (unpaired) electrons. The molecule has 0 aromatic carbocycles. The van der Waals surface area contributed by atoms with Crippen LogP contribution >= 0.6 is 0 Å². The third-order valence-corrected chi connectivity index (χ3v) is 4.93. The Hall–Kier alpha value is -1.82. The largest absolute Gasteiger partial charge is 0.460 e. The molecule has 1 aliphatic carbocycles. The van der Waals surface area contributed by atoms with Gasteiger partial charge in [-0.15, -0.1) is 0 Å². The maximum Gasteiger partial charge on any atom is 0.354 e. The fraction of sp³-hybridized carbons (Fsp3) is 0.647. The van der Waals surface area contributed by atoms with Crippen LogP contribution in [0.25, 0.3) is 0 Å². The minimum Gasteiger partial charge on any atom is -0.460 e. The molecule has 3 rings (SSSR count). The number of aromatic nitrogens is 1. The quantitative estimate of drug-likeness (QED) is 0.764. The zero-order valence-electron chi connectivity index (χ0n) is 13.7. The van der Waals surface area contributed by atoms with Crippen LogP contribution in [0, 0.1) is 5.92 Å². The van der Waals surface area contributed by atoms with Gasteiger partial charge in [0.25, 0.3) is 0 Å². The zero-order chi connectivity index (χ0) is 16.2. The summed E-state index contributed by atoms with van der Waals surface area (Å²) in [5, 5.41) is 0. The first kappa shape index (κ1) is 16.1. The molecule has 1 saturated heterocycles. The van der Waals surface area contributed by atoms with E-state index in [1.54, 1.807) is 10.6 Å². The van der Waals surface area contributed by atoms with Crippen molar-refractivity contribution in [3.8, 4) is 0 Å². The highest BCUT2D eigenvalue weighted by Crippen LogP contribution is 2.28. The Bertz CT molecular complexity index is 557. The highest BCUT2D eigenvalue weighted by Gasteiger charge is 2.31. The molecule has 126 valence electrons. The third kappa shape index (κ3) is 3.75. The lowest BCUT2D eigenvalue weighted by molar-refractivity contribution is -0.140. The summed E-state index contributed by atoms with van der Waals surface area (Å²) < 4.78 is 7.08. The fourth-order valence-electron chi connectivity index (χ4n) is 3.12. The second-order valence-corrected chi connectivity index (χ2v) is 6.44. The van der Waals surface area contributed by atoms with Crippen molar-refractivity contribution in [1.29, 1.82) is 0 Å². The highest BCUT2D eigenvalue weighted by molar-refractivity contribution is 5.87. The minimum absolute atomic E-state index is 0.281. The van der Waals surface area contributed by atoms with Crippen molar-refractivity contribution in [3.05, 3.63) is 24.0 Å². The van der Waals surface area contributed by atoms with Crippen LogP contribution in [0.2, 0.25) is 0 Å². The lowest BCUT2D eigenvalue weighted by Crippen LogP contribution is -2.51. The van der Waals surface area contributed by atoms with Gasteiger partial charge in [0.05, 0.1) is 0 Å². The summed E-state index contributed by atoms with van der Waals surface area (Å²) in [5.74, 6) is 0.343. The van der Waals surface area contributed by atoms with Gasteiger partial charge in [-0.05, 0) is 25.0 Å². The van der Waals surface area contributed by atoms with E-state index in [0.29, 0.717) is 18.2 Å². The smallest absolute Gasteiger partial charge is 0.354 e. The summed E-state index contributed by atoms with van der Waals surface area (Å²) in [6.45, 7) is 4.42. The van der Waals surface area contributed by atoms with E-state index in [9.17, 15) is 9.59 Å². The zero-order valence-corrected chi connectivity index (χ0v) is 13.7. The van der Waals surface area contributed by atoms with Gasteiger partial charge in [-0.2, -0.15) is 0 Å². The number of hydrogen-bond donors (Lipinski definition) is 0. The average Bonchev–Trinajstić information content (AvgIpc) is 2.92. The lowest BCUT2D eigenvalue weighted by atomic mass is 9.84. The first-order valence-electron chi connectivity index (χ1n) is 8.45. The van der Waals surface area contributed by atoms with Crippen LogP contribution in [-0.4, -0.2) is 65.6 Å². The molecule has 2 aliphatic rings. The van der Waals surface area contributed by atoms with Crippen molar-refractivity contribution >= 4 is 11.9 Å². The monoisotopic (exact) mass is 319 g/mol. The molecule has 2 fully saturated rings. The Morgan fingerprint density at radius 1 is 1.22 bits per heavy atom. The number of aryl methyl sites for hydroxylation is 1. The number of carbonyl (C=O) groups is 2. The predicted octanol–water partition coefficient (Wildman–Crippen LogP) is 1.13. The molecule has 0 spiro atoms. The molecule has 1 aliphatic heterocycles. The van der Waals surface area contributed by atoms with Crippen LogP contribution in [0.3, 0.4) is 0 Å². The molecule has 1 aromatic heterocycles. The standard InChI is InChI=1S/C17H25N3O3/c1-18-7-3-6-15(18)17(22)23-13-12-19-8-10-20(11-9-19)16(21)14-4-2-5-14/h3,6-7,14H,2,4-5,8-13H2,1H3. The molecule has 1 amide bonds. The van der Waals surface area contributed by atoms with E-state index in [0.717, 1.165) is 45.6 Å². The van der Waals surface area contributed by atoms with Crippen LogP contribution in [-0.2, 0) is 16.6 Å². The van der Waals surface area contributed by atoms with Gasteiger partial charge in [0.2, 0.25) is 5.91 Å². The molecule has 0 bridgehead atoms. The number of piperazine rings is 1. The molecule has 0 N–H and O–H groups in total. The number of hydrogen-bond acceptors (Lipinski definition) is 4. The molecule has 0 unspecified atom stereocenters. The topological polar surface area (TPSA) is 54.8 Å². The second-order valence-electron chi connectivity index (χ2n) is 6.44. The number of esters is 1. The van der Waals surface area contributed by atoms with Crippen molar-refractivity contribution in [2.24, 2.45) is 13.0 Å². The van der Waals surface area contributed by atoms with Gasteiger partial charge in [0.15, 0.2) is 0 Å². The normalized spacial score (nSPS) is 19.4. The minimum atomic E-state index is -0.281. The second kappa shape index (κ2) is 7.17. The van der Waals surface area contributed by atoms with Crippen molar-refractivity contribution in [1.82, 2.24) is 14.4 Å².